The van der Waals surface area contributed by atoms with Crippen molar-refractivity contribution in [3.8, 4) is 5.75 Å². The van der Waals surface area contributed by atoms with E-state index >= 15 is 0 Å². The summed E-state index contributed by atoms with van der Waals surface area (Å²) in [7, 11) is 2.13. The number of hydrogen-bond donors (Lipinski definition) is 2. The summed E-state index contributed by atoms with van der Waals surface area (Å²) in [6.45, 7) is 4.14. The first-order valence-electron chi connectivity index (χ1n) is 6.36. The zero-order chi connectivity index (χ0) is 13.1. The molecule has 0 radical (unpaired) electrons. The van der Waals surface area contributed by atoms with Gasteiger partial charge >= 0.3 is 0 Å². The summed E-state index contributed by atoms with van der Waals surface area (Å²) >= 11 is 0. The van der Waals surface area contributed by atoms with E-state index in [9.17, 15) is 0 Å². The molecule has 0 aromatic heterocycles. The van der Waals surface area contributed by atoms with E-state index in [-0.39, 0.29) is 11.9 Å². The minimum Gasteiger partial charge on any atom is -0.490 e. The summed E-state index contributed by atoms with van der Waals surface area (Å²) in [6.07, 6.45) is 2.30. The Kier molecular flexibility index (Phi) is 3.87. The molecule has 18 heavy (non-hydrogen) atoms. The Morgan fingerprint density at radius 1 is 1.39 bits per heavy atom. The van der Waals surface area contributed by atoms with Crippen LogP contribution in [0.25, 0.3) is 0 Å². The van der Waals surface area contributed by atoms with E-state index < -0.39 is 0 Å². The van der Waals surface area contributed by atoms with Gasteiger partial charge in [0.25, 0.3) is 0 Å². The number of nitrogen functional groups attached to an aromatic ring is 1. The van der Waals surface area contributed by atoms with E-state index in [1.165, 1.54) is 0 Å². The largest absolute Gasteiger partial charge is 0.490 e. The molecular weight excluding hydrogens is 226 g/mol. The van der Waals surface area contributed by atoms with Crippen LogP contribution in [-0.4, -0.2) is 37.0 Å². The van der Waals surface area contributed by atoms with Crippen LogP contribution in [0.3, 0.4) is 0 Å². The maximum Gasteiger partial charge on any atom is 0.130 e. The number of piperidine rings is 1. The third-order valence-corrected chi connectivity index (χ3v) is 3.39. The molecule has 98 valence electrons. The zero-order valence-electron chi connectivity index (χ0n) is 11.1. The van der Waals surface area contributed by atoms with E-state index in [2.05, 4.69) is 11.9 Å². The van der Waals surface area contributed by atoms with Gasteiger partial charge in [0.2, 0.25) is 0 Å². The number of aryl methyl sites for hydroxylation is 1. The summed E-state index contributed by atoms with van der Waals surface area (Å²) in [4.78, 5) is 2.31. The SMILES string of the molecule is Cc1ccc(C(=N)N)c(OC2CCN(C)CC2)c1. The fourth-order valence-electron chi connectivity index (χ4n) is 2.23. The Bertz CT molecular complexity index is 437. The number of ether oxygens (including phenoxy) is 1. The molecule has 1 aromatic carbocycles. The average molecular weight is 247 g/mol. The average Bonchev–Trinajstić information content (AvgIpc) is 2.32. The van der Waals surface area contributed by atoms with Crippen molar-refractivity contribution in [3.63, 3.8) is 0 Å². The molecule has 1 fully saturated rings. The quantitative estimate of drug-likeness (QED) is 0.632. The van der Waals surface area contributed by atoms with Crippen molar-refractivity contribution < 1.29 is 4.74 Å². The van der Waals surface area contributed by atoms with Crippen molar-refractivity contribution in [1.82, 2.24) is 4.90 Å². The molecule has 4 heteroatoms. The van der Waals surface area contributed by atoms with Crippen molar-refractivity contribution in [2.45, 2.75) is 25.9 Å². The van der Waals surface area contributed by atoms with Crippen molar-refractivity contribution >= 4 is 5.84 Å². The first-order valence-corrected chi connectivity index (χ1v) is 6.36. The van der Waals surface area contributed by atoms with Gasteiger partial charge in [0.1, 0.15) is 17.7 Å². The lowest BCUT2D eigenvalue weighted by molar-refractivity contribution is 0.114. The molecule has 1 aromatic rings. The van der Waals surface area contributed by atoms with Crippen LogP contribution in [0.1, 0.15) is 24.0 Å². The molecule has 3 N–H and O–H groups in total. The highest BCUT2D eigenvalue weighted by Crippen LogP contribution is 2.24. The summed E-state index contributed by atoms with van der Waals surface area (Å²) in [5.41, 5.74) is 7.41. The Morgan fingerprint density at radius 2 is 2.06 bits per heavy atom. The lowest BCUT2D eigenvalue weighted by Crippen LogP contribution is -2.36. The molecular formula is C14H21N3O. The van der Waals surface area contributed by atoms with Gasteiger partial charge in [-0.05, 0) is 44.5 Å². The van der Waals surface area contributed by atoms with Crippen LogP contribution in [0.4, 0.5) is 0 Å². The number of rotatable bonds is 3. The molecule has 0 bridgehead atoms. The molecule has 1 aliphatic heterocycles. The second-order valence-corrected chi connectivity index (χ2v) is 5.03. The summed E-state index contributed by atoms with van der Waals surface area (Å²) in [5.74, 6) is 0.815. The normalized spacial score (nSPS) is 17.7. The van der Waals surface area contributed by atoms with Gasteiger partial charge < -0.3 is 15.4 Å². The van der Waals surface area contributed by atoms with Crippen molar-refractivity contribution in [3.05, 3.63) is 29.3 Å². The highest BCUT2D eigenvalue weighted by atomic mass is 16.5. The van der Waals surface area contributed by atoms with E-state index in [0.29, 0.717) is 5.56 Å². The predicted octanol–water partition coefficient (Wildman–Crippen LogP) is 1.75. The standard InChI is InChI=1S/C14H21N3O/c1-10-3-4-12(14(15)16)13(9-10)18-11-5-7-17(2)8-6-11/h3-4,9,11H,5-8H2,1-2H3,(H3,15,16). The fraction of sp³-hybridized carbons (Fsp3) is 0.500. The highest BCUT2D eigenvalue weighted by Gasteiger charge is 2.19. The van der Waals surface area contributed by atoms with E-state index in [1.807, 2.05) is 25.1 Å². The first kappa shape index (κ1) is 12.9. The number of benzene rings is 1. The minimum atomic E-state index is 0.0675. The smallest absolute Gasteiger partial charge is 0.130 e. The van der Waals surface area contributed by atoms with Gasteiger partial charge in [0, 0.05) is 13.1 Å². The summed E-state index contributed by atoms with van der Waals surface area (Å²) in [6, 6.07) is 5.79. The topological polar surface area (TPSA) is 62.3 Å². The third-order valence-electron chi connectivity index (χ3n) is 3.39. The summed E-state index contributed by atoms with van der Waals surface area (Å²) < 4.78 is 6.03. The lowest BCUT2D eigenvalue weighted by Gasteiger charge is -2.30. The Labute approximate surface area is 108 Å². The number of nitrogens with one attached hydrogen (secondary N) is 1. The van der Waals surface area contributed by atoms with Crippen LogP contribution in [-0.2, 0) is 0 Å². The van der Waals surface area contributed by atoms with Crippen LogP contribution in [0, 0.1) is 12.3 Å². The number of nitrogens with zero attached hydrogens (tertiary/aromatic N) is 1. The van der Waals surface area contributed by atoms with Crippen LogP contribution >= 0.6 is 0 Å². The van der Waals surface area contributed by atoms with Gasteiger partial charge in [-0.15, -0.1) is 0 Å². The molecule has 1 heterocycles. The van der Waals surface area contributed by atoms with Crippen LogP contribution in [0.15, 0.2) is 18.2 Å². The highest BCUT2D eigenvalue weighted by molar-refractivity contribution is 5.97. The maximum absolute atomic E-state index is 7.59. The fourth-order valence-corrected chi connectivity index (χ4v) is 2.23. The van der Waals surface area contributed by atoms with Crippen molar-refractivity contribution in [2.75, 3.05) is 20.1 Å². The van der Waals surface area contributed by atoms with Gasteiger partial charge in [-0.1, -0.05) is 6.07 Å². The molecule has 0 atom stereocenters. The molecule has 1 aliphatic rings. The molecule has 0 saturated carbocycles. The minimum absolute atomic E-state index is 0.0675. The molecule has 0 spiro atoms. The Hall–Kier alpha value is -1.55. The van der Waals surface area contributed by atoms with Crippen LogP contribution in [0.5, 0.6) is 5.75 Å². The first-order chi connectivity index (χ1) is 8.56. The van der Waals surface area contributed by atoms with Gasteiger partial charge in [0.05, 0.1) is 5.56 Å². The Balaban J connectivity index is 2.12. The molecule has 1 saturated heterocycles. The van der Waals surface area contributed by atoms with Gasteiger partial charge in [-0.3, -0.25) is 5.41 Å². The zero-order valence-corrected chi connectivity index (χ0v) is 11.1. The predicted molar refractivity (Wildman–Crippen MR) is 73.3 cm³/mol. The van der Waals surface area contributed by atoms with Gasteiger partial charge in [-0.2, -0.15) is 0 Å². The van der Waals surface area contributed by atoms with E-state index in [1.54, 1.807) is 0 Å². The van der Waals surface area contributed by atoms with E-state index in [0.717, 1.165) is 37.2 Å². The lowest BCUT2D eigenvalue weighted by atomic mass is 10.1. The molecule has 2 rings (SSSR count). The number of nitrogens with two attached hydrogens (primary N) is 1. The van der Waals surface area contributed by atoms with Crippen LogP contribution in [0.2, 0.25) is 0 Å². The van der Waals surface area contributed by atoms with Crippen LogP contribution < -0.4 is 10.5 Å². The molecule has 4 nitrogen and oxygen atoms in total. The molecule has 0 aliphatic carbocycles. The second-order valence-electron chi connectivity index (χ2n) is 5.03. The van der Waals surface area contributed by atoms with Gasteiger partial charge in [0.15, 0.2) is 0 Å². The van der Waals surface area contributed by atoms with Gasteiger partial charge in [-0.25, -0.2) is 0 Å². The van der Waals surface area contributed by atoms with Crippen molar-refractivity contribution in [2.24, 2.45) is 5.73 Å². The molecule has 0 unspecified atom stereocenters. The number of amidine groups is 1. The summed E-state index contributed by atoms with van der Waals surface area (Å²) in [5, 5.41) is 7.59. The maximum atomic E-state index is 7.59. The van der Waals surface area contributed by atoms with Crippen molar-refractivity contribution in [1.29, 1.82) is 5.41 Å². The Morgan fingerprint density at radius 3 is 2.67 bits per heavy atom. The number of likely N-dealkylation sites (tertiary alicyclic amines) is 1. The van der Waals surface area contributed by atoms with E-state index in [4.69, 9.17) is 15.9 Å². The third kappa shape index (κ3) is 3.01. The second kappa shape index (κ2) is 5.40. The molecule has 0 amide bonds. The number of hydrogen-bond acceptors (Lipinski definition) is 3. The monoisotopic (exact) mass is 247 g/mol.